The van der Waals surface area contributed by atoms with E-state index in [0.717, 1.165) is 11.7 Å². The van der Waals surface area contributed by atoms with Crippen molar-refractivity contribution >= 4 is 17.7 Å². The van der Waals surface area contributed by atoms with Gasteiger partial charge in [0.2, 0.25) is 0 Å². The number of carboxylic acids is 1. The van der Waals surface area contributed by atoms with Crippen molar-refractivity contribution in [3.05, 3.63) is 12.2 Å². The zero-order valence-electron chi connectivity index (χ0n) is 8.43. The molecule has 2 bridgehead atoms. The van der Waals surface area contributed by atoms with E-state index in [4.69, 9.17) is 5.11 Å². The number of hydrogen-bond acceptors (Lipinski definition) is 3. The average molecular weight is 225 g/mol. The molecule has 2 fully saturated rings. The highest BCUT2D eigenvalue weighted by Crippen LogP contribution is 2.47. The Hall–Kier alpha value is -0.480. The largest absolute Gasteiger partial charge is 0.480 e. The summed E-state index contributed by atoms with van der Waals surface area (Å²) in [7, 11) is 0. The molecule has 0 radical (unpaired) electrons. The second-order valence-electron chi connectivity index (χ2n) is 4.76. The lowest BCUT2D eigenvalue weighted by atomic mass is 9.93. The summed E-state index contributed by atoms with van der Waals surface area (Å²) in [6, 6.07) is -0.330. The van der Waals surface area contributed by atoms with Crippen LogP contribution in [0.15, 0.2) is 12.2 Å². The fourth-order valence-corrected chi connectivity index (χ4v) is 4.51. The molecule has 3 nitrogen and oxygen atoms in total. The van der Waals surface area contributed by atoms with Crippen LogP contribution in [0.4, 0.5) is 0 Å². The van der Waals surface area contributed by atoms with Gasteiger partial charge < -0.3 is 5.11 Å². The third-order valence-electron chi connectivity index (χ3n) is 3.83. The van der Waals surface area contributed by atoms with Crippen molar-refractivity contribution in [1.82, 2.24) is 5.32 Å². The highest BCUT2D eigenvalue weighted by atomic mass is 32.2. The Morgan fingerprint density at radius 3 is 2.80 bits per heavy atom. The van der Waals surface area contributed by atoms with Gasteiger partial charge in [-0.25, -0.2) is 0 Å². The van der Waals surface area contributed by atoms with Crippen LogP contribution in [0.3, 0.4) is 0 Å². The summed E-state index contributed by atoms with van der Waals surface area (Å²) in [5.74, 6) is 2.15. The summed E-state index contributed by atoms with van der Waals surface area (Å²) in [5.41, 5.74) is 0. The van der Waals surface area contributed by atoms with E-state index in [9.17, 15) is 4.79 Å². The highest BCUT2D eigenvalue weighted by molar-refractivity contribution is 8.00. The Kier molecular flexibility index (Phi) is 2.29. The summed E-state index contributed by atoms with van der Waals surface area (Å²) >= 11 is 1.79. The molecular formula is C11H15NO2S. The van der Waals surface area contributed by atoms with Crippen LogP contribution in [-0.2, 0) is 4.79 Å². The molecule has 0 spiro atoms. The minimum atomic E-state index is -0.705. The molecule has 0 aromatic heterocycles. The van der Waals surface area contributed by atoms with Crippen LogP contribution in [0.2, 0.25) is 0 Å². The van der Waals surface area contributed by atoms with Crippen LogP contribution >= 0.6 is 11.8 Å². The fourth-order valence-electron chi connectivity index (χ4n) is 3.06. The van der Waals surface area contributed by atoms with Gasteiger partial charge in [-0.1, -0.05) is 12.2 Å². The number of rotatable bonds is 2. The lowest BCUT2D eigenvalue weighted by Crippen LogP contribution is -2.40. The number of fused-ring (bicyclic) bond motifs is 2. The van der Waals surface area contributed by atoms with E-state index in [0.29, 0.717) is 17.2 Å². The zero-order chi connectivity index (χ0) is 10.4. The minimum Gasteiger partial charge on any atom is -0.480 e. The lowest BCUT2D eigenvalue weighted by Gasteiger charge is -2.24. The summed E-state index contributed by atoms with van der Waals surface area (Å²) in [5, 5.41) is 12.5. The molecule has 1 heterocycles. The molecule has 82 valence electrons. The first-order valence-corrected chi connectivity index (χ1v) is 6.57. The van der Waals surface area contributed by atoms with E-state index in [1.165, 1.54) is 12.8 Å². The quantitative estimate of drug-likeness (QED) is 0.696. The first-order valence-electron chi connectivity index (χ1n) is 5.53. The average Bonchev–Trinajstić information content (AvgIpc) is 2.93. The van der Waals surface area contributed by atoms with Gasteiger partial charge in [-0.2, -0.15) is 0 Å². The Morgan fingerprint density at radius 2 is 2.27 bits per heavy atom. The molecule has 3 aliphatic rings. The van der Waals surface area contributed by atoms with Gasteiger partial charge >= 0.3 is 5.97 Å². The smallest absolute Gasteiger partial charge is 0.321 e. The highest BCUT2D eigenvalue weighted by Gasteiger charge is 2.43. The molecule has 2 N–H and O–H groups in total. The van der Waals surface area contributed by atoms with Crippen molar-refractivity contribution in [2.45, 2.75) is 24.3 Å². The Morgan fingerprint density at radius 1 is 1.40 bits per heavy atom. The number of thioether (sulfide) groups is 1. The van der Waals surface area contributed by atoms with Crippen molar-refractivity contribution in [2.24, 2.45) is 17.8 Å². The van der Waals surface area contributed by atoms with Crippen LogP contribution < -0.4 is 5.32 Å². The standard InChI is InChI=1S/C11H15NO2S/c13-11(14)9-5-15-10(12-9)8-4-6-1-2-7(8)3-6/h1-2,6-10,12H,3-5H2,(H,13,14)/t6?,7?,8?,9-,10?/m0/s1. The predicted octanol–water partition coefficient (Wildman–Crippen LogP) is 1.31. The van der Waals surface area contributed by atoms with E-state index in [1.54, 1.807) is 11.8 Å². The number of hydrogen-bond donors (Lipinski definition) is 2. The van der Waals surface area contributed by atoms with Gasteiger partial charge in [0, 0.05) is 5.75 Å². The second-order valence-corrected chi connectivity index (χ2v) is 5.93. The van der Waals surface area contributed by atoms with Gasteiger partial charge in [-0.05, 0) is 30.6 Å². The van der Waals surface area contributed by atoms with Crippen molar-refractivity contribution < 1.29 is 9.90 Å². The first-order chi connectivity index (χ1) is 7.24. The monoisotopic (exact) mass is 225 g/mol. The maximum Gasteiger partial charge on any atom is 0.321 e. The van der Waals surface area contributed by atoms with Crippen LogP contribution in [0.5, 0.6) is 0 Å². The Labute approximate surface area is 93.3 Å². The van der Waals surface area contributed by atoms with Crippen molar-refractivity contribution in [3.63, 3.8) is 0 Å². The van der Waals surface area contributed by atoms with E-state index in [2.05, 4.69) is 17.5 Å². The normalized spacial score (nSPS) is 47.6. The van der Waals surface area contributed by atoms with Crippen LogP contribution in [-0.4, -0.2) is 28.2 Å². The SMILES string of the molecule is O=C(O)[C@@H]1CSC(C2CC3C=CC2C3)N1. The van der Waals surface area contributed by atoms with Crippen molar-refractivity contribution in [2.75, 3.05) is 5.75 Å². The molecule has 1 aliphatic heterocycles. The van der Waals surface area contributed by atoms with Gasteiger partial charge in [-0.3, -0.25) is 10.1 Å². The molecule has 1 saturated heterocycles. The summed E-state index contributed by atoms with van der Waals surface area (Å²) < 4.78 is 0. The lowest BCUT2D eigenvalue weighted by molar-refractivity contribution is -0.138. The fraction of sp³-hybridized carbons (Fsp3) is 0.727. The molecule has 0 amide bonds. The van der Waals surface area contributed by atoms with E-state index >= 15 is 0 Å². The number of nitrogens with one attached hydrogen (secondary N) is 1. The second kappa shape index (κ2) is 3.52. The molecule has 15 heavy (non-hydrogen) atoms. The maximum absolute atomic E-state index is 10.8. The molecule has 4 heteroatoms. The number of aliphatic carboxylic acids is 1. The molecular weight excluding hydrogens is 210 g/mol. The molecule has 4 unspecified atom stereocenters. The number of allylic oxidation sites excluding steroid dienone is 2. The summed E-state index contributed by atoms with van der Waals surface area (Å²) in [6.07, 6.45) is 7.20. The Bertz CT molecular complexity index is 318. The van der Waals surface area contributed by atoms with Crippen molar-refractivity contribution in [1.29, 1.82) is 0 Å². The molecule has 2 aliphatic carbocycles. The van der Waals surface area contributed by atoms with E-state index < -0.39 is 5.97 Å². The molecule has 0 aromatic carbocycles. The van der Waals surface area contributed by atoms with Gasteiger partial charge in [0.15, 0.2) is 0 Å². The molecule has 3 rings (SSSR count). The van der Waals surface area contributed by atoms with Crippen LogP contribution in [0.25, 0.3) is 0 Å². The predicted molar refractivity (Wildman–Crippen MR) is 59.6 cm³/mol. The number of carboxylic acid groups (broad SMARTS) is 1. The van der Waals surface area contributed by atoms with E-state index in [1.807, 2.05) is 0 Å². The Balaban J connectivity index is 1.65. The molecule has 1 saturated carbocycles. The minimum absolute atomic E-state index is 0.330. The summed E-state index contributed by atoms with van der Waals surface area (Å²) in [4.78, 5) is 10.8. The zero-order valence-corrected chi connectivity index (χ0v) is 9.24. The van der Waals surface area contributed by atoms with Crippen LogP contribution in [0.1, 0.15) is 12.8 Å². The first kappa shape index (κ1) is 9.73. The maximum atomic E-state index is 10.8. The van der Waals surface area contributed by atoms with Gasteiger partial charge in [0.25, 0.3) is 0 Å². The van der Waals surface area contributed by atoms with Gasteiger partial charge in [0.1, 0.15) is 6.04 Å². The molecule has 5 atom stereocenters. The van der Waals surface area contributed by atoms with Crippen LogP contribution in [0, 0.1) is 17.8 Å². The third kappa shape index (κ3) is 1.60. The van der Waals surface area contributed by atoms with Gasteiger partial charge in [0.05, 0.1) is 5.37 Å². The van der Waals surface area contributed by atoms with Gasteiger partial charge in [-0.15, -0.1) is 11.8 Å². The van der Waals surface area contributed by atoms with E-state index in [-0.39, 0.29) is 6.04 Å². The topological polar surface area (TPSA) is 49.3 Å². The number of carbonyl (C=O) groups is 1. The summed E-state index contributed by atoms with van der Waals surface area (Å²) in [6.45, 7) is 0. The third-order valence-corrected chi connectivity index (χ3v) is 5.20. The van der Waals surface area contributed by atoms with Crippen molar-refractivity contribution in [3.8, 4) is 0 Å². The molecule has 0 aromatic rings.